The Balaban J connectivity index is 1.88. The molecule has 2 aromatic rings. The number of imide groups is 1. The number of aryl methyl sites for hydroxylation is 1. The lowest BCUT2D eigenvalue weighted by molar-refractivity contribution is -0.131. The summed E-state index contributed by atoms with van der Waals surface area (Å²) < 4.78 is 18.1. The minimum atomic E-state index is -1.22. The van der Waals surface area contributed by atoms with Crippen molar-refractivity contribution in [1.29, 1.82) is 0 Å². The summed E-state index contributed by atoms with van der Waals surface area (Å²) in [5, 5.41) is 6.37. The molecule has 2 heterocycles. The largest absolute Gasteiger partial charge is 0.359 e. The molecule has 1 aromatic carbocycles. The monoisotopic (exact) mass is 303 g/mol. The number of nitrogens with zero attached hydrogens (tertiary/aromatic N) is 2. The Labute approximate surface area is 125 Å². The maximum absolute atomic E-state index is 13.0. The van der Waals surface area contributed by atoms with Gasteiger partial charge < -0.3 is 9.84 Å². The third kappa shape index (κ3) is 2.24. The Kier molecular flexibility index (Phi) is 3.20. The fraction of sp³-hybridized carbons (Fsp3) is 0.267. The fourth-order valence-corrected chi connectivity index (χ4v) is 2.47. The lowest BCUT2D eigenvalue weighted by atomic mass is 9.92. The van der Waals surface area contributed by atoms with Crippen molar-refractivity contribution in [3.05, 3.63) is 53.2 Å². The van der Waals surface area contributed by atoms with Crippen molar-refractivity contribution in [2.75, 3.05) is 0 Å². The SMILES string of the molecule is Cc1cc(CN2C(=O)NC(C)(c3ccc(F)cc3)C2=O)on1. The summed E-state index contributed by atoms with van der Waals surface area (Å²) in [7, 11) is 0. The van der Waals surface area contributed by atoms with Crippen LogP contribution in [-0.2, 0) is 16.9 Å². The van der Waals surface area contributed by atoms with Crippen LogP contribution < -0.4 is 5.32 Å². The summed E-state index contributed by atoms with van der Waals surface area (Å²) >= 11 is 0. The van der Waals surface area contributed by atoms with Crippen LogP contribution in [0, 0.1) is 12.7 Å². The minimum Gasteiger partial charge on any atom is -0.359 e. The number of rotatable bonds is 3. The van der Waals surface area contributed by atoms with E-state index in [1.54, 1.807) is 19.9 Å². The summed E-state index contributed by atoms with van der Waals surface area (Å²) in [6, 6.07) is 6.61. The summed E-state index contributed by atoms with van der Waals surface area (Å²) in [5.41, 5.74) is -0.0355. The summed E-state index contributed by atoms with van der Waals surface area (Å²) in [6.45, 7) is 3.34. The van der Waals surface area contributed by atoms with Crippen LogP contribution in [0.4, 0.5) is 9.18 Å². The summed E-state index contributed by atoms with van der Waals surface area (Å²) in [5.74, 6) is -0.402. The molecule has 3 rings (SSSR count). The Bertz CT molecular complexity index is 741. The molecule has 22 heavy (non-hydrogen) atoms. The third-order valence-corrected chi connectivity index (χ3v) is 3.69. The number of hydrogen-bond acceptors (Lipinski definition) is 4. The molecule has 1 saturated heterocycles. The number of halogens is 1. The second-order valence-electron chi connectivity index (χ2n) is 5.39. The molecule has 1 atom stereocenters. The Morgan fingerprint density at radius 3 is 2.59 bits per heavy atom. The number of hydrogen-bond donors (Lipinski definition) is 1. The maximum atomic E-state index is 13.0. The molecule has 1 fully saturated rings. The average molecular weight is 303 g/mol. The number of benzene rings is 1. The van der Waals surface area contributed by atoms with E-state index < -0.39 is 23.3 Å². The summed E-state index contributed by atoms with van der Waals surface area (Å²) in [4.78, 5) is 25.8. The predicted molar refractivity (Wildman–Crippen MR) is 74.1 cm³/mol. The van der Waals surface area contributed by atoms with E-state index in [1.165, 1.54) is 24.3 Å². The van der Waals surface area contributed by atoms with Gasteiger partial charge in [-0.3, -0.25) is 9.69 Å². The molecule has 1 aromatic heterocycles. The zero-order valence-electron chi connectivity index (χ0n) is 12.1. The van der Waals surface area contributed by atoms with E-state index in [0.717, 1.165) is 4.90 Å². The topological polar surface area (TPSA) is 75.4 Å². The number of carbonyl (C=O) groups excluding carboxylic acids is 2. The van der Waals surface area contributed by atoms with Crippen molar-refractivity contribution in [1.82, 2.24) is 15.4 Å². The van der Waals surface area contributed by atoms with Gasteiger partial charge in [0.2, 0.25) is 0 Å². The van der Waals surface area contributed by atoms with Crippen LogP contribution in [0.3, 0.4) is 0 Å². The van der Waals surface area contributed by atoms with E-state index in [9.17, 15) is 14.0 Å². The van der Waals surface area contributed by atoms with Gasteiger partial charge in [-0.05, 0) is 31.5 Å². The zero-order valence-corrected chi connectivity index (χ0v) is 12.1. The molecule has 1 aliphatic heterocycles. The molecule has 7 heteroatoms. The van der Waals surface area contributed by atoms with Crippen LogP contribution in [0.2, 0.25) is 0 Å². The van der Waals surface area contributed by atoms with Crippen molar-refractivity contribution in [3.63, 3.8) is 0 Å². The van der Waals surface area contributed by atoms with E-state index in [-0.39, 0.29) is 6.54 Å². The van der Waals surface area contributed by atoms with Gasteiger partial charge >= 0.3 is 6.03 Å². The molecular weight excluding hydrogens is 289 g/mol. The highest BCUT2D eigenvalue weighted by Gasteiger charge is 2.49. The Hall–Kier alpha value is -2.70. The highest BCUT2D eigenvalue weighted by Crippen LogP contribution is 2.29. The first-order chi connectivity index (χ1) is 10.4. The van der Waals surface area contributed by atoms with Crippen LogP contribution in [0.5, 0.6) is 0 Å². The number of nitrogens with one attached hydrogen (secondary N) is 1. The van der Waals surface area contributed by atoms with Crippen molar-refractivity contribution >= 4 is 11.9 Å². The molecule has 0 bridgehead atoms. The molecule has 6 nitrogen and oxygen atoms in total. The number of carbonyl (C=O) groups is 2. The van der Waals surface area contributed by atoms with Crippen molar-refractivity contribution in [2.45, 2.75) is 25.9 Å². The molecule has 0 spiro atoms. The molecule has 1 aliphatic rings. The van der Waals surface area contributed by atoms with Crippen molar-refractivity contribution in [3.8, 4) is 0 Å². The Morgan fingerprint density at radius 2 is 2.00 bits per heavy atom. The first-order valence-corrected chi connectivity index (χ1v) is 6.72. The van der Waals surface area contributed by atoms with Gasteiger partial charge in [-0.1, -0.05) is 17.3 Å². The lowest BCUT2D eigenvalue weighted by Crippen LogP contribution is -2.40. The number of urea groups is 1. The van der Waals surface area contributed by atoms with Gasteiger partial charge in [0.05, 0.1) is 12.2 Å². The number of amides is 3. The molecule has 0 saturated carbocycles. The molecule has 3 amide bonds. The minimum absolute atomic E-state index is 0.00227. The second kappa shape index (κ2) is 4.94. The van der Waals surface area contributed by atoms with Gasteiger partial charge in [-0.15, -0.1) is 0 Å². The molecule has 1 N–H and O–H groups in total. The zero-order chi connectivity index (χ0) is 15.9. The highest BCUT2D eigenvalue weighted by atomic mass is 19.1. The average Bonchev–Trinajstić information content (AvgIpc) is 2.97. The van der Waals surface area contributed by atoms with E-state index in [1.807, 2.05) is 0 Å². The third-order valence-electron chi connectivity index (χ3n) is 3.69. The van der Waals surface area contributed by atoms with Gasteiger partial charge in [0.25, 0.3) is 5.91 Å². The van der Waals surface area contributed by atoms with E-state index in [0.29, 0.717) is 17.0 Å². The van der Waals surface area contributed by atoms with Gasteiger partial charge in [0.15, 0.2) is 5.76 Å². The quantitative estimate of drug-likeness (QED) is 0.881. The maximum Gasteiger partial charge on any atom is 0.325 e. The van der Waals surface area contributed by atoms with E-state index >= 15 is 0 Å². The van der Waals surface area contributed by atoms with E-state index in [4.69, 9.17) is 4.52 Å². The molecule has 1 unspecified atom stereocenters. The van der Waals surface area contributed by atoms with Crippen LogP contribution >= 0.6 is 0 Å². The van der Waals surface area contributed by atoms with Gasteiger partial charge in [-0.25, -0.2) is 9.18 Å². The first-order valence-electron chi connectivity index (χ1n) is 6.72. The Morgan fingerprint density at radius 1 is 1.32 bits per heavy atom. The van der Waals surface area contributed by atoms with Crippen LogP contribution in [0.15, 0.2) is 34.9 Å². The molecular formula is C15H14FN3O3. The lowest BCUT2D eigenvalue weighted by Gasteiger charge is -2.21. The number of aromatic nitrogens is 1. The predicted octanol–water partition coefficient (Wildman–Crippen LogP) is 2.09. The molecule has 0 aliphatic carbocycles. The van der Waals surface area contributed by atoms with Gasteiger partial charge in [-0.2, -0.15) is 0 Å². The van der Waals surface area contributed by atoms with Crippen molar-refractivity contribution < 1.29 is 18.5 Å². The van der Waals surface area contributed by atoms with Gasteiger partial charge in [0, 0.05) is 6.07 Å². The standard InChI is InChI=1S/C15H14FN3O3/c1-9-7-12(22-18-9)8-19-13(20)15(2,17-14(19)21)10-3-5-11(16)6-4-10/h3-7H,8H2,1-2H3,(H,17,21). The first kappa shape index (κ1) is 14.2. The summed E-state index contributed by atoms with van der Waals surface area (Å²) in [6.07, 6.45) is 0. The van der Waals surface area contributed by atoms with Crippen molar-refractivity contribution in [2.24, 2.45) is 0 Å². The highest BCUT2D eigenvalue weighted by molar-refractivity contribution is 6.07. The molecule has 0 radical (unpaired) electrons. The second-order valence-corrected chi connectivity index (χ2v) is 5.39. The fourth-order valence-electron chi connectivity index (χ4n) is 2.47. The van der Waals surface area contributed by atoms with Gasteiger partial charge in [0.1, 0.15) is 11.4 Å². The van der Waals surface area contributed by atoms with Crippen LogP contribution in [-0.4, -0.2) is 22.0 Å². The normalized spacial score (nSPS) is 21.3. The molecule has 114 valence electrons. The van der Waals surface area contributed by atoms with E-state index in [2.05, 4.69) is 10.5 Å². The smallest absolute Gasteiger partial charge is 0.325 e. The van der Waals surface area contributed by atoms with Crippen LogP contribution in [0.25, 0.3) is 0 Å². The van der Waals surface area contributed by atoms with Crippen LogP contribution in [0.1, 0.15) is 23.9 Å².